The Balaban J connectivity index is 5.28. The van der Waals surface area contributed by atoms with E-state index in [0.29, 0.717) is 6.42 Å². The van der Waals surface area contributed by atoms with E-state index in [4.69, 9.17) is 5.73 Å². The van der Waals surface area contributed by atoms with Gasteiger partial charge in [0.2, 0.25) is 17.7 Å². The van der Waals surface area contributed by atoms with Crippen molar-refractivity contribution in [1.29, 1.82) is 0 Å². The second-order valence-corrected chi connectivity index (χ2v) is 10.2. The summed E-state index contributed by atoms with van der Waals surface area (Å²) in [4.78, 5) is 51.7. The molecule has 0 rings (SSSR count). The van der Waals surface area contributed by atoms with Crippen molar-refractivity contribution in [3.8, 4) is 0 Å². The molecule has 0 aliphatic heterocycles. The smallest absolute Gasteiger partial charge is 0.243 e. The van der Waals surface area contributed by atoms with Gasteiger partial charge in [-0.05, 0) is 13.3 Å². The molecule has 0 heterocycles. The lowest BCUT2D eigenvalue weighted by atomic mass is 9.86. The lowest BCUT2D eigenvalue weighted by Crippen LogP contribution is -2.52. The molecule has 0 aliphatic carbocycles. The maximum atomic E-state index is 13.0. The Labute approximate surface area is 181 Å². The van der Waals surface area contributed by atoms with E-state index >= 15 is 0 Å². The predicted molar refractivity (Wildman–Crippen MR) is 119 cm³/mol. The highest BCUT2D eigenvalue weighted by Crippen LogP contribution is 2.21. The van der Waals surface area contributed by atoms with Gasteiger partial charge in [0.05, 0.1) is 0 Å². The average Bonchev–Trinajstić information content (AvgIpc) is 2.60. The van der Waals surface area contributed by atoms with E-state index < -0.39 is 28.7 Å². The number of nitrogens with one attached hydrogen (secondary N) is 2. The Morgan fingerprint density at radius 1 is 0.967 bits per heavy atom. The third-order valence-corrected chi connectivity index (χ3v) is 4.96. The second-order valence-electron chi connectivity index (χ2n) is 10.2. The fourth-order valence-electron chi connectivity index (χ4n) is 2.83. The Morgan fingerprint density at radius 2 is 1.50 bits per heavy atom. The number of carbonyl (C=O) groups excluding carboxylic acids is 4. The molecule has 0 saturated carbocycles. The Morgan fingerprint density at radius 3 is 1.93 bits per heavy atom. The van der Waals surface area contributed by atoms with Crippen LogP contribution >= 0.6 is 0 Å². The number of nitrogens with two attached hydrogens (primary N) is 1. The summed E-state index contributed by atoms with van der Waals surface area (Å²) in [7, 11) is 1.54. The first-order valence-electron chi connectivity index (χ1n) is 10.6. The van der Waals surface area contributed by atoms with E-state index in [-0.39, 0.29) is 43.1 Å². The predicted octanol–water partition coefficient (Wildman–Crippen LogP) is 1.47. The van der Waals surface area contributed by atoms with E-state index in [9.17, 15) is 19.2 Å². The zero-order valence-corrected chi connectivity index (χ0v) is 20.2. The summed E-state index contributed by atoms with van der Waals surface area (Å²) in [5.74, 6) is -1.26. The van der Waals surface area contributed by atoms with Crippen molar-refractivity contribution >= 4 is 23.5 Å². The largest absolute Gasteiger partial charge is 0.353 e. The Hall–Kier alpha value is -1.96. The number of carbonyl (C=O) groups is 4. The van der Waals surface area contributed by atoms with E-state index in [1.165, 1.54) is 4.90 Å². The van der Waals surface area contributed by atoms with Crippen LogP contribution in [0.15, 0.2) is 0 Å². The minimum absolute atomic E-state index is 0.0643. The first-order chi connectivity index (χ1) is 13.5. The molecule has 174 valence electrons. The van der Waals surface area contributed by atoms with Gasteiger partial charge in [0.1, 0.15) is 11.8 Å². The van der Waals surface area contributed by atoms with Gasteiger partial charge in [0, 0.05) is 49.3 Å². The number of likely N-dealkylation sites (N-methyl/N-ethyl adjacent to an activating group) is 1. The minimum Gasteiger partial charge on any atom is -0.353 e. The number of hydrogen-bond donors (Lipinski definition) is 3. The average molecular weight is 427 g/mol. The van der Waals surface area contributed by atoms with Gasteiger partial charge in [-0.1, -0.05) is 48.5 Å². The number of hydrogen-bond acceptors (Lipinski definition) is 5. The molecule has 0 saturated heterocycles. The van der Waals surface area contributed by atoms with Gasteiger partial charge in [0.25, 0.3) is 0 Å². The van der Waals surface area contributed by atoms with Crippen LogP contribution in [0.1, 0.15) is 68.2 Å². The molecule has 0 spiro atoms. The minimum atomic E-state index is -0.905. The molecule has 0 radical (unpaired) electrons. The molecule has 0 aromatic carbocycles. The summed E-state index contributed by atoms with van der Waals surface area (Å²) in [5, 5.41) is 5.60. The van der Waals surface area contributed by atoms with Gasteiger partial charge >= 0.3 is 0 Å². The zero-order valence-electron chi connectivity index (χ0n) is 20.2. The Kier molecular flexibility index (Phi) is 10.7. The van der Waals surface area contributed by atoms with Crippen molar-refractivity contribution in [1.82, 2.24) is 15.5 Å². The molecular formula is C22H42N4O4. The molecule has 3 amide bonds. The highest BCUT2D eigenvalue weighted by molar-refractivity contribution is 5.94. The van der Waals surface area contributed by atoms with Gasteiger partial charge < -0.3 is 21.3 Å². The van der Waals surface area contributed by atoms with Crippen LogP contribution in [0.2, 0.25) is 0 Å². The first kappa shape index (κ1) is 28.0. The molecule has 30 heavy (non-hydrogen) atoms. The van der Waals surface area contributed by atoms with Crippen LogP contribution in [-0.2, 0) is 19.2 Å². The number of ketones is 1. The normalized spacial score (nSPS) is 15.0. The van der Waals surface area contributed by atoms with Crippen LogP contribution in [0.5, 0.6) is 0 Å². The van der Waals surface area contributed by atoms with Gasteiger partial charge in [-0.2, -0.15) is 0 Å². The number of Topliss-reactive ketones (excluding diaryl/α,β-unsaturated/α-hetero) is 1. The molecule has 0 aromatic rings. The van der Waals surface area contributed by atoms with Crippen LogP contribution in [0.3, 0.4) is 0 Å². The van der Waals surface area contributed by atoms with Gasteiger partial charge in [-0.15, -0.1) is 0 Å². The summed E-state index contributed by atoms with van der Waals surface area (Å²) < 4.78 is 0. The number of rotatable bonds is 10. The molecule has 4 N–H and O–H groups in total. The topological polar surface area (TPSA) is 122 Å². The van der Waals surface area contributed by atoms with Crippen molar-refractivity contribution in [2.45, 2.75) is 80.3 Å². The van der Waals surface area contributed by atoms with E-state index in [2.05, 4.69) is 10.6 Å². The Bertz CT molecular complexity index is 620. The third-order valence-electron chi connectivity index (χ3n) is 4.96. The lowest BCUT2D eigenvalue weighted by Gasteiger charge is -2.32. The summed E-state index contributed by atoms with van der Waals surface area (Å²) in [5.41, 5.74) is 4.33. The van der Waals surface area contributed by atoms with E-state index in [0.717, 1.165) is 0 Å². The quantitative estimate of drug-likeness (QED) is 0.488. The maximum absolute atomic E-state index is 13.0. The molecule has 0 bridgehead atoms. The van der Waals surface area contributed by atoms with Gasteiger partial charge in [-0.3, -0.25) is 19.2 Å². The van der Waals surface area contributed by atoms with Crippen LogP contribution < -0.4 is 16.4 Å². The summed E-state index contributed by atoms with van der Waals surface area (Å²) in [6.07, 6.45) is 0.362. The van der Waals surface area contributed by atoms with Crippen molar-refractivity contribution < 1.29 is 19.2 Å². The summed E-state index contributed by atoms with van der Waals surface area (Å²) in [6, 6.07) is -1.11. The van der Waals surface area contributed by atoms with Crippen LogP contribution in [-0.4, -0.2) is 60.6 Å². The van der Waals surface area contributed by atoms with E-state index in [1.54, 1.807) is 34.7 Å². The molecule has 0 aromatic heterocycles. The van der Waals surface area contributed by atoms with Gasteiger partial charge in [-0.25, -0.2) is 0 Å². The van der Waals surface area contributed by atoms with E-state index in [1.807, 2.05) is 27.7 Å². The van der Waals surface area contributed by atoms with Crippen molar-refractivity contribution in [3.63, 3.8) is 0 Å². The van der Waals surface area contributed by atoms with Crippen molar-refractivity contribution in [2.24, 2.45) is 22.5 Å². The SMILES string of the molecule is CC(CC(C)C(=O)N(C)[C@@H](CC(=O)C(C)(C)C)C(=O)NCCN)NC(=O)C(C)(C)C. The molecule has 3 atom stereocenters. The fraction of sp³-hybridized carbons (Fsp3) is 0.818. The maximum Gasteiger partial charge on any atom is 0.243 e. The van der Waals surface area contributed by atoms with Crippen LogP contribution in [0.25, 0.3) is 0 Å². The third kappa shape index (κ3) is 9.24. The highest BCUT2D eigenvalue weighted by Gasteiger charge is 2.34. The number of amides is 3. The first-order valence-corrected chi connectivity index (χ1v) is 10.6. The second kappa shape index (κ2) is 11.4. The van der Waals surface area contributed by atoms with Crippen LogP contribution in [0, 0.1) is 16.7 Å². The van der Waals surface area contributed by atoms with Crippen molar-refractivity contribution in [3.05, 3.63) is 0 Å². The fourth-order valence-corrected chi connectivity index (χ4v) is 2.83. The molecule has 0 aliphatic rings. The number of nitrogens with zero attached hydrogens (tertiary/aromatic N) is 1. The lowest BCUT2D eigenvalue weighted by molar-refractivity contribution is -0.144. The summed E-state index contributed by atoms with van der Waals surface area (Å²) >= 11 is 0. The van der Waals surface area contributed by atoms with Crippen molar-refractivity contribution in [2.75, 3.05) is 20.1 Å². The monoisotopic (exact) mass is 426 g/mol. The summed E-state index contributed by atoms with van der Waals surface area (Å²) in [6.45, 7) is 15.0. The van der Waals surface area contributed by atoms with Gasteiger partial charge in [0.15, 0.2) is 0 Å². The molecule has 0 fully saturated rings. The highest BCUT2D eigenvalue weighted by atomic mass is 16.2. The molecule has 2 unspecified atom stereocenters. The molecule has 8 heteroatoms. The molecular weight excluding hydrogens is 384 g/mol. The standard InChI is InChI=1S/C22H42N4O4/c1-14(12-15(2)25-20(30)22(6,7)8)19(29)26(9)16(18(28)24-11-10-23)13-17(27)21(3,4)5/h14-16H,10-13,23H2,1-9H3,(H,24,28)(H,25,30)/t14?,15?,16-/m0/s1. The molecule has 8 nitrogen and oxygen atoms in total. The zero-order chi connectivity index (χ0) is 23.9. The van der Waals surface area contributed by atoms with Crippen LogP contribution in [0.4, 0.5) is 0 Å².